The number of morpholine rings is 1. The molecule has 0 aromatic carbocycles. The first-order chi connectivity index (χ1) is 15.0. The van der Waals surface area contributed by atoms with E-state index < -0.39 is 6.61 Å². The number of nitrogens with two attached hydrogens (primary N) is 1. The normalized spacial score (nSPS) is 28.9. The maximum Gasteiger partial charge on any atom is 0.387 e. The fourth-order valence-electron chi connectivity index (χ4n) is 5.48. The summed E-state index contributed by atoms with van der Waals surface area (Å²) in [7, 11) is 0. The Morgan fingerprint density at radius 2 is 2.00 bits per heavy atom. The van der Waals surface area contributed by atoms with Crippen molar-refractivity contribution < 1.29 is 18.3 Å². The minimum atomic E-state index is -2.98. The second-order valence-corrected chi connectivity index (χ2v) is 8.88. The lowest BCUT2D eigenvalue weighted by molar-refractivity contribution is -0.0494. The number of halogens is 2. The van der Waals surface area contributed by atoms with Gasteiger partial charge in [0.15, 0.2) is 11.6 Å². The lowest BCUT2D eigenvalue weighted by Crippen LogP contribution is -2.38. The molecule has 3 aliphatic heterocycles. The van der Waals surface area contributed by atoms with Gasteiger partial charge >= 0.3 is 6.61 Å². The van der Waals surface area contributed by atoms with Crippen molar-refractivity contribution in [3.05, 3.63) is 18.3 Å². The Morgan fingerprint density at radius 3 is 2.68 bits per heavy atom. The number of nitrogen functional groups attached to an aromatic ring is 1. The SMILES string of the molecule is Nc1ncc(-c2cc(N3CC4CC3CO4)nc(N3CC4CCC3C4)n2)cc1OC(F)F. The van der Waals surface area contributed by atoms with Gasteiger partial charge in [0, 0.05) is 37.0 Å². The Kier molecular flexibility index (Phi) is 4.38. The molecule has 4 fully saturated rings. The number of piperidine rings is 1. The first-order valence-corrected chi connectivity index (χ1v) is 10.8. The molecule has 1 aliphatic carbocycles. The summed E-state index contributed by atoms with van der Waals surface area (Å²) in [6.07, 6.45) is 6.38. The summed E-state index contributed by atoms with van der Waals surface area (Å²) < 4.78 is 35.9. The topological polar surface area (TPSA) is 89.6 Å². The van der Waals surface area contributed by atoms with E-state index in [0.717, 1.165) is 31.7 Å². The fraction of sp³-hybridized carbons (Fsp3) is 0.571. The van der Waals surface area contributed by atoms with Crippen LogP contribution in [-0.2, 0) is 4.74 Å². The summed E-state index contributed by atoms with van der Waals surface area (Å²) in [6, 6.07) is 4.14. The van der Waals surface area contributed by atoms with Crippen LogP contribution in [0.15, 0.2) is 18.3 Å². The van der Waals surface area contributed by atoms with E-state index in [4.69, 9.17) is 20.4 Å². The van der Waals surface area contributed by atoms with E-state index in [9.17, 15) is 8.78 Å². The molecule has 0 radical (unpaired) electrons. The first-order valence-electron chi connectivity index (χ1n) is 10.8. The number of fused-ring (bicyclic) bond motifs is 4. The van der Waals surface area contributed by atoms with Gasteiger partial charge in [-0.15, -0.1) is 0 Å². The predicted octanol–water partition coefficient (Wildman–Crippen LogP) is 2.69. The summed E-state index contributed by atoms with van der Waals surface area (Å²) >= 11 is 0. The van der Waals surface area contributed by atoms with Crippen LogP contribution in [0.2, 0.25) is 0 Å². The predicted molar refractivity (Wildman–Crippen MR) is 110 cm³/mol. The number of pyridine rings is 1. The molecule has 0 amide bonds. The molecule has 4 aliphatic rings. The third-order valence-electron chi connectivity index (χ3n) is 6.96. The van der Waals surface area contributed by atoms with Crippen molar-refractivity contribution in [1.29, 1.82) is 0 Å². The Labute approximate surface area is 178 Å². The van der Waals surface area contributed by atoms with Crippen molar-refractivity contribution in [3.63, 3.8) is 0 Å². The Hall–Kier alpha value is -2.75. The number of alkyl halides is 2. The third kappa shape index (κ3) is 3.33. The van der Waals surface area contributed by atoms with E-state index in [1.165, 1.54) is 18.9 Å². The highest BCUT2D eigenvalue weighted by molar-refractivity contribution is 5.68. The smallest absolute Gasteiger partial charge is 0.387 e. The van der Waals surface area contributed by atoms with Gasteiger partial charge in [0.05, 0.1) is 24.4 Å². The van der Waals surface area contributed by atoms with E-state index in [0.29, 0.717) is 41.8 Å². The highest BCUT2D eigenvalue weighted by Crippen LogP contribution is 2.41. The Morgan fingerprint density at radius 1 is 1.10 bits per heavy atom. The molecule has 2 aromatic rings. The molecule has 4 bridgehead atoms. The number of rotatable bonds is 5. The van der Waals surface area contributed by atoms with Gasteiger partial charge in [0.2, 0.25) is 5.95 Å². The van der Waals surface area contributed by atoms with Crippen molar-refractivity contribution in [3.8, 4) is 17.0 Å². The van der Waals surface area contributed by atoms with Gasteiger partial charge in [-0.25, -0.2) is 9.97 Å². The fourth-order valence-corrected chi connectivity index (χ4v) is 5.48. The molecule has 2 N–H and O–H groups in total. The molecule has 2 aromatic heterocycles. The summed E-state index contributed by atoms with van der Waals surface area (Å²) in [5.74, 6) is 2.00. The van der Waals surface area contributed by atoms with Crippen molar-refractivity contribution in [2.75, 3.05) is 35.2 Å². The van der Waals surface area contributed by atoms with Crippen molar-refractivity contribution >= 4 is 17.6 Å². The number of aromatic nitrogens is 3. The highest BCUT2D eigenvalue weighted by Gasteiger charge is 2.42. The van der Waals surface area contributed by atoms with Crippen LogP contribution in [0, 0.1) is 5.92 Å². The van der Waals surface area contributed by atoms with Crippen LogP contribution in [0.1, 0.15) is 25.7 Å². The monoisotopic (exact) mass is 430 g/mol. The van der Waals surface area contributed by atoms with Crippen molar-refractivity contribution in [1.82, 2.24) is 15.0 Å². The highest BCUT2D eigenvalue weighted by atomic mass is 19.3. The summed E-state index contributed by atoms with van der Waals surface area (Å²) in [4.78, 5) is 18.4. The van der Waals surface area contributed by atoms with Gasteiger partial charge in [-0.05, 0) is 37.7 Å². The van der Waals surface area contributed by atoms with E-state index in [2.05, 4.69) is 19.5 Å². The molecule has 10 heteroatoms. The molecule has 0 spiro atoms. The van der Waals surface area contributed by atoms with E-state index in [1.807, 2.05) is 6.07 Å². The zero-order chi connectivity index (χ0) is 21.1. The maximum atomic E-state index is 12.8. The van der Waals surface area contributed by atoms with Gasteiger partial charge in [0.25, 0.3) is 0 Å². The number of anilines is 3. The molecule has 6 rings (SSSR count). The quantitative estimate of drug-likeness (QED) is 0.775. The van der Waals surface area contributed by atoms with Crippen molar-refractivity contribution in [2.45, 2.75) is 50.5 Å². The molecule has 4 atom stereocenters. The second kappa shape index (κ2) is 7.15. The van der Waals surface area contributed by atoms with Gasteiger partial charge in [-0.3, -0.25) is 0 Å². The Balaban J connectivity index is 1.41. The van der Waals surface area contributed by atoms with Gasteiger partial charge < -0.3 is 25.0 Å². The molecule has 1 saturated carbocycles. The third-order valence-corrected chi connectivity index (χ3v) is 6.96. The standard InChI is InChI=1S/C21H24F2N6O2/c22-20(23)31-17-4-12(7-25-19(17)24)16-6-18(28-9-15-5-14(28)10-30-15)27-21(26-16)29-8-11-1-2-13(29)3-11/h4,6-7,11,13-15,20H,1-3,5,8-10H2,(H2,24,25). The minimum absolute atomic E-state index is 0.0793. The molecule has 5 heterocycles. The van der Waals surface area contributed by atoms with E-state index in [-0.39, 0.29) is 17.7 Å². The Bertz CT molecular complexity index is 962. The van der Waals surface area contributed by atoms with Gasteiger partial charge in [0.1, 0.15) is 5.82 Å². The summed E-state index contributed by atoms with van der Waals surface area (Å²) in [5.41, 5.74) is 6.92. The van der Waals surface area contributed by atoms with Crippen LogP contribution in [0.25, 0.3) is 11.3 Å². The molecule has 3 saturated heterocycles. The lowest BCUT2D eigenvalue weighted by atomic mass is 10.1. The molecular weight excluding hydrogens is 406 g/mol. The first kappa shape index (κ1) is 19.0. The minimum Gasteiger partial charge on any atom is -0.431 e. The number of hydrogen-bond acceptors (Lipinski definition) is 8. The van der Waals surface area contributed by atoms with E-state index in [1.54, 1.807) is 6.20 Å². The van der Waals surface area contributed by atoms with E-state index >= 15 is 0 Å². The maximum absolute atomic E-state index is 12.8. The average molecular weight is 430 g/mol. The second-order valence-electron chi connectivity index (χ2n) is 8.88. The van der Waals surface area contributed by atoms with Crippen LogP contribution in [0.3, 0.4) is 0 Å². The van der Waals surface area contributed by atoms with Crippen LogP contribution >= 0.6 is 0 Å². The zero-order valence-electron chi connectivity index (χ0n) is 17.0. The molecule has 4 unspecified atom stereocenters. The molecule has 31 heavy (non-hydrogen) atoms. The summed E-state index contributed by atoms with van der Waals surface area (Å²) in [6.45, 7) is -0.519. The van der Waals surface area contributed by atoms with Crippen LogP contribution in [0.5, 0.6) is 5.75 Å². The van der Waals surface area contributed by atoms with Crippen LogP contribution in [0.4, 0.5) is 26.4 Å². The lowest BCUT2D eigenvalue weighted by Gasteiger charge is -2.31. The number of nitrogens with zero attached hydrogens (tertiary/aromatic N) is 5. The zero-order valence-corrected chi connectivity index (χ0v) is 17.0. The number of ether oxygens (including phenoxy) is 2. The van der Waals surface area contributed by atoms with Gasteiger partial charge in [-0.2, -0.15) is 13.8 Å². The molecule has 164 valence electrons. The van der Waals surface area contributed by atoms with Gasteiger partial charge in [-0.1, -0.05) is 0 Å². The molecular formula is C21H24F2N6O2. The van der Waals surface area contributed by atoms with Crippen LogP contribution in [-0.4, -0.2) is 59.4 Å². The average Bonchev–Trinajstić information content (AvgIpc) is 3.56. The summed E-state index contributed by atoms with van der Waals surface area (Å²) in [5, 5.41) is 0. The van der Waals surface area contributed by atoms with Crippen LogP contribution < -0.4 is 20.3 Å². The number of hydrogen-bond donors (Lipinski definition) is 1. The van der Waals surface area contributed by atoms with Crippen molar-refractivity contribution in [2.24, 2.45) is 5.92 Å². The largest absolute Gasteiger partial charge is 0.431 e. The molecule has 8 nitrogen and oxygen atoms in total.